The molecule has 0 spiro atoms. The molecule has 0 fully saturated rings. The van der Waals surface area contributed by atoms with E-state index in [0.29, 0.717) is 0 Å². The minimum Gasteiger partial charge on any atom is -0.464 e. The normalized spacial score (nSPS) is 11.5. The molecule has 0 saturated carbocycles. The number of rotatable bonds is 6. The zero-order valence-corrected chi connectivity index (χ0v) is 17.8. The summed E-state index contributed by atoms with van der Waals surface area (Å²) in [6, 6.07) is 4.62. The van der Waals surface area contributed by atoms with Crippen molar-refractivity contribution in [3.63, 3.8) is 0 Å². The number of alkyl carbamates (subject to hydrolysis) is 1. The number of aromatic nitrogens is 3. The SMILES string of the molecule is COC(=O)c1nn(C)cc1NC(=O)c1cccc(/C(C=N)=C/NC(=O)OC(C)(C)C)n1. The molecule has 2 aromatic heterocycles. The Morgan fingerprint density at radius 3 is 2.48 bits per heavy atom. The molecule has 0 aliphatic carbocycles. The summed E-state index contributed by atoms with van der Waals surface area (Å²) in [5, 5.41) is 16.6. The van der Waals surface area contributed by atoms with Gasteiger partial charge in [0, 0.05) is 31.2 Å². The van der Waals surface area contributed by atoms with Gasteiger partial charge in [-0.15, -0.1) is 0 Å². The van der Waals surface area contributed by atoms with Crippen LogP contribution >= 0.6 is 0 Å². The van der Waals surface area contributed by atoms with Gasteiger partial charge in [-0.25, -0.2) is 14.6 Å². The van der Waals surface area contributed by atoms with E-state index < -0.39 is 23.6 Å². The maximum absolute atomic E-state index is 12.6. The zero-order chi connectivity index (χ0) is 23.2. The molecule has 2 amide bonds. The number of pyridine rings is 1. The number of carbonyl (C=O) groups excluding carboxylic acids is 3. The molecule has 0 unspecified atom stereocenters. The predicted molar refractivity (Wildman–Crippen MR) is 113 cm³/mol. The van der Waals surface area contributed by atoms with Gasteiger partial charge in [-0.2, -0.15) is 5.10 Å². The number of methoxy groups -OCH3 is 1. The van der Waals surface area contributed by atoms with E-state index in [2.05, 4.69) is 25.5 Å². The van der Waals surface area contributed by atoms with Crippen LogP contribution in [0.2, 0.25) is 0 Å². The molecule has 0 saturated heterocycles. The Morgan fingerprint density at radius 2 is 1.87 bits per heavy atom. The molecule has 164 valence electrons. The fraction of sp³-hybridized carbons (Fsp3) is 0.300. The van der Waals surface area contributed by atoms with Crippen molar-refractivity contribution in [1.82, 2.24) is 20.1 Å². The van der Waals surface area contributed by atoms with Crippen LogP contribution in [-0.2, 0) is 16.5 Å². The third kappa shape index (κ3) is 6.49. The number of nitrogens with zero attached hydrogens (tertiary/aromatic N) is 3. The second-order valence-electron chi connectivity index (χ2n) is 7.31. The number of aryl methyl sites for hydroxylation is 1. The first-order chi connectivity index (χ1) is 14.5. The molecule has 0 aromatic carbocycles. The summed E-state index contributed by atoms with van der Waals surface area (Å²) in [5.41, 5.74) is 0.00323. The maximum atomic E-state index is 12.6. The first kappa shape index (κ1) is 23.3. The molecule has 11 heteroatoms. The van der Waals surface area contributed by atoms with Crippen molar-refractivity contribution in [1.29, 1.82) is 5.41 Å². The van der Waals surface area contributed by atoms with Gasteiger partial charge < -0.3 is 20.2 Å². The Morgan fingerprint density at radius 1 is 1.19 bits per heavy atom. The first-order valence-corrected chi connectivity index (χ1v) is 9.15. The standard InChI is InChI=1S/C20H24N6O5/c1-20(2,3)31-19(29)22-10-12(9-21)13-7-6-8-14(23-13)17(27)24-15-11-26(4)25-16(15)18(28)30-5/h6-11,21H,1-5H3,(H,22,29)(H,24,27)/b12-10+,21-9?. The van der Waals surface area contributed by atoms with Gasteiger partial charge in [-0.05, 0) is 32.9 Å². The number of hydrogen-bond donors (Lipinski definition) is 3. The maximum Gasteiger partial charge on any atom is 0.411 e. The fourth-order valence-electron chi connectivity index (χ4n) is 2.37. The molecule has 0 radical (unpaired) electrons. The highest BCUT2D eigenvalue weighted by atomic mass is 16.6. The van der Waals surface area contributed by atoms with Crippen molar-refractivity contribution in [3.05, 3.63) is 47.7 Å². The van der Waals surface area contributed by atoms with E-state index >= 15 is 0 Å². The monoisotopic (exact) mass is 428 g/mol. The van der Waals surface area contributed by atoms with Crippen LogP contribution in [0.25, 0.3) is 5.57 Å². The molecule has 11 nitrogen and oxygen atoms in total. The van der Waals surface area contributed by atoms with Gasteiger partial charge in [-0.3, -0.25) is 14.8 Å². The van der Waals surface area contributed by atoms with E-state index in [-0.39, 0.29) is 28.3 Å². The van der Waals surface area contributed by atoms with E-state index in [1.807, 2.05) is 0 Å². The van der Waals surface area contributed by atoms with Crippen LogP contribution in [-0.4, -0.2) is 51.7 Å². The average molecular weight is 428 g/mol. The number of anilines is 1. The number of esters is 1. The van der Waals surface area contributed by atoms with E-state index in [9.17, 15) is 14.4 Å². The van der Waals surface area contributed by atoms with Gasteiger partial charge in [0.2, 0.25) is 0 Å². The minimum atomic E-state index is -0.695. The third-order valence-electron chi connectivity index (χ3n) is 3.63. The van der Waals surface area contributed by atoms with Crippen LogP contribution in [0.15, 0.2) is 30.6 Å². The van der Waals surface area contributed by atoms with Gasteiger partial charge in [0.1, 0.15) is 11.3 Å². The van der Waals surface area contributed by atoms with Gasteiger partial charge in [0.05, 0.1) is 18.5 Å². The van der Waals surface area contributed by atoms with Crippen molar-refractivity contribution >= 4 is 35.4 Å². The van der Waals surface area contributed by atoms with E-state index in [1.165, 1.54) is 30.3 Å². The van der Waals surface area contributed by atoms with Gasteiger partial charge in [0.15, 0.2) is 5.69 Å². The minimum absolute atomic E-state index is 0.0298. The Bertz CT molecular complexity index is 1030. The molecular formula is C20H24N6O5. The molecule has 31 heavy (non-hydrogen) atoms. The lowest BCUT2D eigenvalue weighted by Crippen LogP contribution is -2.30. The van der Waals surface area contributed by atoms with Crippen molar-refractivity contribution in [2.75, 3.05) is 12.4 Å². The van der Waals surface area contributed by atoms with Crippen LogP contribution in [0.4, 0.5) is 10.5 Å². The summed E-state index contributed by atoms with van der Waals surface area (Å²) in [7, 11) is 2.81. The third-order valence-corrected chi connectivity index (χ3v) is 3.63. The van der Waals surface area contributed by atoms with Crippen LogP contribution in [0.1, 0.15) is 47.4 Å². The second-order valence-corrected chi connectivity index (χ2v) is 7.31. The predicted octanol–water partition coefficient (Wildman–Crippen LogP) is 2.37. The van der Waals surface area contributed by atoms with E-state index in [1.54, 1.807) is 40.0 Å². The molecule has 2 aromatic rings. The number of nitrogens with one attached hydrogen (secondary N) is 3. The van der Waals surface area contributed by atoms with Crippen LogP contribution in [0.3, 0.4) is 0 Å². The van der Waals surface area contributed by atoms with Crippen molar-refractivity contribution < 1.29 is 23.9 Å². The highest BCUT2D eigenvalue weighted by molar-refractivity contribution is 6.09. The Kier molecular flexibility index (Phi) is 7.24. The highest BCUT2D eigenvalue weighted by Crippen LogP contribution is 2.16. The molecule has 0 atom stereocenters. The zero-order valence-electron chi connectivity index (χ0n) is 17.8. The summed E-state index contributed by atoms with van der Waals surface area (Å²) >= 11 is 0. The second kappa shape index (κ2) is 9.65. The van der Waals surface area contributed by atoms with Crippen molar-refractivity contribution in [3.8, 4) is 0 Å². The van der Waals surface area contributed by atoms with Crippen LogP contribution < -0.4 is 10.6 Å². The van der Waals surface area contributed by atoms with E-state index in [0.717, 1.165) is 6.21 Å². The lowest BCUT2D eigenvalue weighted by atomic mass is 10.2. The smallest absolute Gasteiger partial charge is 0.411 e. The van der Waals surface area contributed by atoms with Crippen molar-refractivity contribution in [2.24, 2.45) is 7.05 Å². The Balaban J connectivity index is 2.21. The average Bonchev–Trinajstić information content (AvgIpc) is 3.06. The lowest BCUT2D eigenvalue weighted by molar-refractivity contribution is 0.0550. The quantitative estimate of drug-likeness (QED) is 0.472. The molecule has 0 bridgehead atoms. The number of ether oxygens (including phenoxy) is 2. The highest BCUT2D eigenvalue weighted by Gasteiger charge is 2.20. The lowest BCUT2D eigenvalue weighted by Gasteiger charge is -2.18. The molecular weight excluding hydrogens is 404 g/mol. The van der Waals surface area contributed by atoms with Crippen LogP contribution in [0, 0.1) is 5.41 Å². The molecule has 0 aliphatic heterocycles. The number of hydrogen-bond acceptors (Lipinski definition) is 8. The summed E-state index contributed by atoms with van der Waals surface area (Å²) < 4.78 is 11.2. The summed E-state index contributed by atoms with van der Waals surface area (Å²) in [4.78, 5) is 40.5. The fourth-order valence-corrected chi connectivity index (χ4v) is 2.37. The number of amides is 2. The largest absolute Gasteiger partial charge is 0.464 e. The van der Waals surface area contributed by atoms with Crippen LogP contribution in [0.5, 0.6) is 0 Å². The molecule has 2 rings (SSSR count). The van der Waals surface area contributed by atoms with Gasteiger partial charge in [0.25, 0.3) is 5.91 Å². The van der Waals surface area contributed by atoms with Gasteiger partial charge in [-0.1, -0.05) is 6.07 Å². The van der Waals surface area contributed by atoms with E-state index in [4.69, 9.17) is 10.1 Å². The molecule has 3 N–H and O–H groups in total. The summed E-state index contributed by atoms with van der Waals surface area (Å²) in [6.45, 7) is 5.18. The Hall–Kier alpha value is -4.02. The summed E-state index contributed by atoms with van der Waals surface area (Å²) in [5.74, 6) is -1.29. The number of allylic oxidation sites excluding steroid dienone is 1. The number of carbonyl (C=O) groups is 3. The first-order valence-electron chi connectivity index (χ1n) is 9.15. The molecule has 0 aliphatic rings. The van der Waals surface area contributed by atoms with Crippen molar-refractivity contribution in [2.45, 2.75) is 26.4 Å². The topological polar surface area (TPSA) is 148 Å². The summed E-state index contributed by atoms with van der Waals surface area (Å²) in [6.07, 6.45) is 3.02. The van der Waals surface area contributed by atoms with Gasteiger partial charge >= 0.3 is 12.1 Å². The Labute approximate surface area is 179 Å². The molecule has 2 heterocycles.